The minimum Gasteiger partial charge on any atom is -0.369 e. The zero-order chi connectivity index (χ0) is 17.1. The molecule has 25 heavy (non-hydrogen) atoms. The van der Waals surface area contributed by atoms with Crippen LogP contribution in [-0.4, -0.2) is 65.3 Å². The SMILES string of the molecule is Clc1cccc(N2CCN([C@@H]3CCCN(Cc4ccn[nH]4)C3)CC2)c1. The number of aromatic nitrogens is 2. The van der Waals surface area contributed by atoms with Crippen molar-refractivity contribution in [3.8, 4) is 0 Å². The molecule has 1 aromatic heterocycles. The van der Waals surface area contributed by atoms with Crippen LogP contribution >= 0.6 is 11.6 Å². The number of nitrogens with one attached hydrogen (secondary N) is 1. The number of anilines is 1. The molecule has 6 heteroatoms. The van der Waals surface area contributed by atoms with Crippen molar-refractivity contribution >= 4 is 17.3 Å². The van der Waals surface area contributed by atoms with Gasteiger partial charge in [-0.25, -0.2) is 0 Å². The molecule has 1 atom stereocenters. The van der Waals surface area contributed by atoms with Gasteiger partial charge in [0.05, 0.1) is 0 Å². The van der Waals surface area contributed by atoms with Gasteiger partial charge in [-0.05, 0) is 43.7 Å². The number of benzene rings is 1. The Morgan fingerprint density at radius 3 is 2.76 bits per heavy atom. The first-order valence-electron chi connectivity index (χ1n) is 9.23. The summed E-state index contributed by atoms with van der Waals surface area (Å²) in [5.41, 5.74) is 2.46. The van der Waals surface area contributed by atoms with Crippen molar-refractivity contribution in [3.63, 3.8) is 0 Å². The first kappa shape index (κ1) is 16.9. The standard InChI is InChI=1S/C19H26ClN5/c20-16-3-1-4-18(13-16)24-9-11-25(12-10-24)19-5-2-8-23(15-19)14-17-6-7-21-22-17/h1,3-4,6-7,13,19H,2,5,8-12,14-15H2,(H,21,22)/t19-/m1/s1. The Labute approximate surface area is 154 Å². The number of hydrogen-bond acceptors (Lipinski definition) is 4. The minimum absolute atomic E-state index is 0.679. The summed E-state index contributed by atoms with van der Waals surface area (Å²) in [4.78, 5) is 7.69. The van der Waals surface area contributed by atoms with E-state index in [2.05, 4.69) is 43.1 Å². The van der Waals surface area contributed by atoms with Crippen LogP contribution in [0.3, 0.4) is 0 Å². The third kappa shape index (κ3) is 4.17. The fourth-order valence-electron chi connectivity index (χ4n) is 4.10. The zero-order valence-electron chi connectivity index (χ0n) is 14.6. The van der Waals surface area contributed by atoms with E-state index in [1.807, 2.05) is 18.3 Å². The second-order valence-corrected chi connectivity index (χ2v) is 7.55. The fourth-order valence-corrected chi connectivity index (χ4v) is 4.29. The number of likely N-dealkylation sites (tertiary alicyclic amines) is 1. The number of H-pyrrole nitrogens is 1. The lowest BCUT2D eigenvalue weighted by atomic mass is 10.0. The van der Waals surface area contributed by atoms with Crippen LogP contribution in [0.4, 0.5) is 5.69 Å². The maximum Gasteiger partial charge on any atom is 0.0492 e. The normalized spacial score (nSPS) is 23.1. The molecule has 0 radical (unpaired) electrons. The summed E-state index contributed by atoms with van der Waals surface area (Å²) in [7, 11) is 0. The molecule has 2 fully saturated rings. The van der Waals surface area contributed by atoms with E-state index in [1.165, 1.54) is 30.8 Å². The zero-order valence-corrected chi connectivity index (χ0v) is 15.3. The Hall–Kier alpha value is -1.56. The smallest absolute Gasteiger partial charge is 0.0492 e. The Bertz CT molecular complexity index is 666. The molecule has 4 rings (SSSR count). The number of halogens is 1. The Morgan fingerprint density at radius 1 is 1.12 bits per heavy atom. The average Bonchev–Trinajstić information content (AvgIpc) is 3.15. The van der Waals surface area contributed by atoms with Crippen molar-refractivity contribution in [3.05, 3.63) is 47.2 Å². The van der Waals surface area contributed by atoms with Crippen molar-refractivity contribution in [1.82, 2.24) is 20.0 Å². The molecular weight excluding hydrogens is 334 g/mol. The Balaban J connectivity index is 1.31. The lowest BCUT2D eigenvalue weighted by Gasteiger charge is -2.44. The van der Waals surface area contributed by atoms with E-state index < -0.39 is 0 Å². The quantitative estimate of drug-likeness (QED) is 0.911. The molecule has 1 N–H and O–H groups in total. The van der Waals surface area contributed by atoms with Crippen molar-refractivity contribution in [2.24, 2.45) is 0 Å². The molecule has 2 saturated heterocycles. The molecule has 1 aromatic carbocycles. The summed E-state index contributed by atoms with van der Waals surface area (Å²) >= 11 is 6.14. The minimum atomic E-state index is 0.679. The number of nitrogens with zero attached hydrogens (tertiary/aromatic N) is 4. The second kappa shape index (κ2) is 7.77. The molecule has 0 unspecified atom stereocenters. The topological polar surface area (TPSA) is 38.4 Å². The maximum atomic E-state index is 6.14. The van der Waals surface area contributed by atoms with Crippen LogP contribution in [0.1, 0.15) is 18.5 Å². The van der Waals surface area contributed by atoms with Crippen molar-refractivity contribution in [1.29, 1.82) is 0 Å². The van der Waals surface area contributed by atoms with E-state index in [1.54, 1.807) is 0 Å². The van der Waals surface area contributed by atoms with Gasteiger partial charge in [-0.3, -0.25) is 14.9 Å². The van der Waals surface area contributed by atoms with Crippen LogP contribution in [0.25, 0.3) is 0 Å². The van der Waals surface area contributed by atoms with E-state index in [4.69, 9.17) is 11.6 Å². The second-order valence-electron chi connectivity index (χ2n) is 7.12. The molecule has 5 nitrogen and oxygen atoms in total. The van der Waals surface area contributed by atoms with Crippen molar-refractivity contribution in [2.75, 3.05) is 44.2 Å². The first-order chi connectivity index (χ1) is 12.3. The summed E-state index contributed by atoms with van der Waals surface area (Å²) < 4.78 is 0. The summed E-state index contributed by atoms with van der Waals surface area (Å²) in [5.74, 6) is 0. The first-order valence-corrected chi connectivity index (χ1v) is 9.61. The molecule has 2 aliphatic rings. The number of piperazine rings is 1. The molecule has 0 spiro atoms. The third-order valence-corrected chi connectivity index (χ3v) is 5.67. The summed E-state index contributed by atoms with van der Waals surface area (Å²) in [5, 5.41) is 7.97. The van der Waals surface area contributed by atoms with E-state index in [0.29, 0.717) is 6.04 Å². The van der Waals surface area contributed by atoms with Crippen molar-refractivity contribution < 1.29 is 0 Å². The number of aromatic amines is 1. The highest BCUT2D eigenvalue weighted by molar-refractivity contribution is 6.30. The molecule has 2 aliphatic heterocycles. The van der Waals surface area contributed by atoms with Crippen LogP contribution in [0, 0.1) is 0 Å². The van der Waals surface area contributed by atoms with E-state index in [-0.39, 0.29) is 0 Å². The van der Waals surface area contributed by atoms with Gasteiger partial charge in [0.25, 0.3) is 0 Å². The predicted molar refractivity (Wildman–Crippen MR) is 102 cm³/mol. The largest absolute Gasteiger partial charge is 0.369 e. The monoisotopic (exact) mass is 359 g/mol. The molecule has 0 saturated carbocycles. The van der Waals surface area contributed by atoms with Gasteiger partial charge in [-0.15, -0.1) is 0 Å². The highest BCUT2D eigenvalue weighted by Gasteiger charge is 2.28. The lowest BCUT2D eigenvalue weighted by molar-refractivity contribution is 0.0881. The molecule has 0 aliphatic carbocycles. The maximum absolute atomic E-state index is 6.14. The Morgan fingerprint density at radius 2 is 2.00 bits per heavy atom. The van der Waals surface area contributed by atoms with Gasteiger partial charge in [-0.2, -0.15) is 5.10 Å². The molecule has 2 aromatic rings. The molecule has 134 valence electrons. The van der Waals surface area contributed by atoms with Crippen LogP contribution in [0.2, 0.25) is 5.02 Å². The highest BCUT2D eigenvalue weighted by atomic mass is 35.5. The van der Waals surface area contributed by atoms with E-state index in [0.717, 1.165) is 44.3 Å². The van der Waals surface area contributed by atoms with Gasteiger partial charge in [-0.1, -0.05) is 17.7 Å². The molecule has 0 bridgehead atoms. The van der Waals surface area contributed by atoms with Crippen LogP contribution in [0.15, 0.2) is 36.5 Å². The van der Waals surface area contributed by atoms with E-state index in [9.17, 15) is 0 Å². The van der Waals surface area contributed by atoms with Gasteiger partial charge in [0.15, 0.2) is 0 Å². The van der Waals surface area contributed by atoms with Crippen LogP contribution in [0.5, 0.6) is 0 Å². The van der Waals surface area contributed by atoms with Gasteiger partial charge in [0.2, 0.25) is 0 Å². The van der Waals surface area contributed by atoms with Gasteiger partial charge in [0, 0.05) is 67.9 Å². The van der Waals surface area contributed by atoms with Crippen LogP contribution < -0.4 is 4.90 Å². The Kier molecular flexibility index (Phi) is 5.25. The van der Waals surface area contributed by atoms with Crippen LogP contribution in [-0.2, 0) is 6.54 Å². The molecule has 0 amide bonds. The highest BCUT2D eigenvalue weighted by Crippen LogP contribution is 2.23. The third-order valence-electron chi connectivity index (χ3n) is 5.44. The van der Waals surface area contributed by atoms with Gasteiger partial charge in [0.1, 0.15) is 0 Å². The summed E-state index contributed by atoms with van der Waals surface area (Å²) in [6, 6.07) is 11.0. The van der Waals surface area contributed by atoms with Gasteiger partial charge < -0.3 is 4.90 Å². The summed E-state index contributed by atoms with van der Waals surface area (Å²) in [6.07, 6.45) is 4.44. The number of piperidine rings is 1. The lowest BCUT2D eigenvalue weighted by Crippen LogP contribution is -2.55. The fraction of sp³-hybridized carbons (Fsp3) is 0.526. The summed E-state index contributed by atoms with van der Waals surface area (Å²) in [6.45, 7) is 7.77. The van der Waals surface area contributed by atoms with Gasteiger partial charge >= 0.3 is 0 Å². The predicted octanol–water partition coefficient (Wildman–Crippen LogP) is 2.85. The number of hydrogen-bond donors (Lipinski definition) is 1. The number of rotatable bonds is 4. The van der Waals surface area contributed by atoms with Crippen molar-refractivity contribution in [2.45, 2.75) is 25.4 Å². The van der Waals surface area contributed by atoms with E-state index >= 15 is 0 Å². The molecule has 3 heterocycles. The average molecular weight is 360 g/mol. The molecular formula is C19H26ClN5.